The van der Waals surface area contributed by atoms with E-state index >= 15 is 0 Å². The molecule has 0 bridgehead atoms. The van der Waals surface area contributed by atoms with Crippen molar-refractivity contribution in [1.82, 2.24) is 5.32 Å². The van der Waals surface area contributed by atoms with Gasteiger partial charge in [-0.1, -0.05) is 39.5 Å². The van der Waals surface area contributed by atoms with Crippen LogP contribution in [0.2, 0.25) is 0 Å². The molecule has 0 radical (unpaired) electrons. The number of nitrogens with zero attached hydrogens (tertiary/aromatic N) is 1. The molecule has 2 atom stereocenters. The summed E-state index contributed by atoms with van der Waals surface area (Å²) in [7, 11) is 1.43. The quantitative estimate of drug-likeness (QED) is 0.780. The molecular weight excluding hydrogens is 248 g/mol. The van der Waals surface area contributed by atoms with Gasteiger partial charge in [0.1, 0.15) is 6.04 Å². The third kappa shape index (κ3) is 4.52. The summed E-state index contributed by atoms with van der Waals surface area (Å²) >= 11 is 1.69. The molecule has 1 aliphatic heterocycles. The number of nitrogens with one attached hydrogen (secondary N) is 1. The molecule has 0 aromatic heterocycles. The molecule has 0 spiro atoms. The highest BCUT2D eigenvalue weighted by atomic mass is 32.2. The first-order valence-corrected chi connectivity index (χ1v) is 7.47. The Kier molecular flexibility index (Phi) is 5.99. The van der Waals surface area contributed by atoms with Crippen LogP contribution in [0.25, 0.3) is 0 Å². The number of esters is 1. The smallest absolute Gasteiger partial charge is 0.328 e. The molecule has 1 N–H and O–H groups in total. The lowest BCUT2D eigenvalue weighted by Gasteiger charge is -2.18. The largest absolute Gasteiger partial charge is 0.467 e. The molecule has 0 aromatic rings. The third-order valence-electron chi connectivity index (χ3n) is 2.93. The van der Waals surface area contributed by atoms with Crippen molar-refractivity contribution >= 4 is 22.9 Å². The number of hydrogen-bond acceptors (Lipinski definition) is 5. The molecule has 2 unspecified atom stereocenters. The van der Waals surface area contributed by atoms with Crippen LogP contribution in [-0.2, 0) is 9.53 Å². The summed E-state index contributed by atoms with van der Waals surface area (Å²) in [5.74, 6) is 1.77. The van der Waals surface area contributed by atoms with Gasteiger partial charge in [-0.2, -0.15) is 0 Å². The Labute approximate surface area is 114 Å². The first-order valence-electron chi connectivity index (χ1n) is 6.49. The van der Waals surface area contributed by atoms with Gasteiger partial charge < -0.3 is 10.1 Å². The number of carbonyl (C=O) groups excluding carboxylic acids is 1. The minimum atomic E-state index is -0.285. The maximum Gasteiger partial charge on any atom is 0.328 e. The van der Waals surface area contributed by atoms with Gasteiger partial charge in [0.15, 0.2) is 5.17 Å². The summed E-state index contributed by atoms with van der Waals surface area (Å²) in [5.41, 5.74) is 0. The van der Waals surface area contributed by atoms with Crippen LogP contribution in [0.4, 0.5) is 0 Å². The van der Waals surface area contributed by atoms with Gasteiger partial charge in [0.25, 0.3) is 0 Å². The summed E-state index contributed by atoms with van der Waals surface area (Å²) in [5, 5.41) is 4.10. The van der Waals surface area contributed by atoms with Crippen LogP contribution in [0.1, 0.15) is 34.1 Å². The molecule has 5 heteroatoms. The van der Waals surface area contributed by atoms with Crippen LogP contribution >= 0.6 is 11.8 Å². The summed E-state index contributed by atoms with van der Waals surface area (Å²) < 4.78 is 4.83. The van der Waals surface area contributed by atoms with Crippen molar-refractivity contribution in [2.24, 2.45) is 16.8 Å². The van der Waals surface area contributed by atoms with E-state index in [1.54, 1.807) is 11.8 Å². The first kappa shape index (κ1) is 15.3. The summed E-state index contributed by atoms with van der Waals surface area (Å²) in [4.78, 5) is 16.3. The molecule has 0 aromatic carbocycles. The van der Waals surface area contributed by atoms with Crippen LogP contribution in [0.15, 0.2) is 4.99 Å². The van der Waals surface area contributed by atoms with E-state index in [2.05, 4.69) is 38.0 Å². The van der Waals surface area contributed by atoms with E-state index in [1.807, 2.05) is 0 Å². The van der Waals surface area contributed by atoms with Crippen LogP contribution < -0.4 is 5.32 Å². The zero-order valence-corrected chi connectivity index (χ0v) is 12.7. The first-order chi connectivity index (χ1) is 8.43. The second-order valence-corrected chi connectivity index (χ2v) is 6.41. The van der Waals surface area contributed by atoms with Gasteiger partial charge in [-0.15, -0.1) is 0 Å². The lowest BCUT2D eigenvalue weighted by Crippen LogP contribution is -2.40. The fourth-order valence-corrected chi connectivity index (χ4v) is 3.01. The minimum Gasteiger partial charge on any atom is -0.467 e. The fourth-order valence-electron chi connectivity index (χ4n) is 1.79. The predicted molar refractivity (Wildman–Crippen MR) is 76.9 cm³/mol. The van der Waals surface area contributed by atoms with Crippen molar-refractivity contribution in [3.8, 4) is 0 Å². The molecule has 18 heavy (non-hydrogen) atoms. The van der Waals surface area contributed by atoms with Crippen molar-refractivity contribution in [2.75, 3.05) is 12.9 Å². The Balaban J connectivity index is 2.61. The number of ether oxygens (including phenoxy) is 1. The van der Waals surface area contributed by atoms with Crippen LogP contribution in [0.5, 0.6) is 0 Å². The van der Waals surface area contributed by atoms with Gasteiger partial charge in [-0.05, 0) is 18.3 Å². The number of carbonyl (C=O) groups is 1. The number of methoxy groups -OCH3 is 1. The van der Waals surface area contributed by atoms with Crippen LogP contribution in [0.3, 0.4) is 0 Å². The van der Waals surface area contributed by atoms with Gasteiger partial charge in [0, 0.05) is 5.75 Å². The molecule has 0 aliphatic carbocycles. The molecule has 4 nitrogen and oxygen atoms in total. The molecule has 104 valence electrons. The van der Waals surface area contributed by atoms with E-state index in [-0.39, 0.29) is 12.0 Å². The maximum atomic E-state index is 11.7. The second kappa shape index (κ2) is 7.02. The SMILES string of the molecule is COC(=O)C(CC(C)C)NC1=NC(C(C)C)CS1. The summed E-state index contributed by atoms with van der Waals surface area (Å²) in [6.07, 6.45) is 0.762. The number of aliphatic imine (C=N–C) groups is 1. The molecular formula is C13H24N2O2S. The van der Waals surface area contributed by atoms with Gasteiger partial charge in [0.2, 0.25) is 0 Å². The maximum absolute atomic E-state index is 11.7. The van der Waals surface area contributed by atoms with Crippen molar-refractivity contribution in [3.05, 3.63) is 0 Å². The third-order valence-corrected chi connectivity index (χ3v) is 3.94. The summed E-state index contributed by atoms with van der Waals surface area (Å²) in [6.45, 7) is 8.53. The van der Waals surface area contributed by atoms with E-state index in [0.29, 0.717) is 17.9 Å². The number of amidine groups is 1. The number of rotatable bonds is 5. The Hall–Kier alpha value is -0.710. The van der Waals surface area contributed by atoms with Crippen LogP contribution in [-0.4, -0.2) is 36.1 Å². The molecule has 1 rings (SSSR count). The van der Waals surface area contributed by atoms with Gasteiger partial charge in [-0.25, -0.2) is 4.79 Å². The van der Waals surface area contributed by atoms with E-state index < -0.39 is 0 Å². The Morgan fingerprint density at radius 3 is 2.61 bits per heavy atom. The molecule has 0 amide bonds. The fraction of sp³-hybridized carbons (Fsp3) is 0.846. The average molecular weight is 272 g/mol. The number of thioether (sulfide) groups is 1. The second-order valence-electron chi connectivity index (χ2n) is 5.41. The van der Waals surface area contributed by atoms with E-state index in [0.717, 1.165) is 17.3 Å². The Morgan fingerprint density at radius 2 is 2.17 bits per heavy atom. The van der Waals surface area contributed by atoms with Crippen molar-refractivity contribution in [3.63, 3.8) is 0 Å². The highest BCUT2D eigenvalue weighted by Crippen LogP contribution is 2.22. The van der Waals surface area contributed by atoms with Gasteiger partial charge >= 0.3 is 5.97 Å². The van der Waals surface area contributed by atoms with Crippen molar-refractivity contribution in [1.29, 1.82) is 0 Å². The van der Waals surface area contributed by atoms with E-state index in [4.69, 9.17) is 4.74 Å². The topological polar surface area (TPSA) is 50.7 Å². The van der Waals surface area contributed by atoms with Gasteiger partial charge in [-0.3, -0.25) is 4.99 Å². The van der Waals surface area contributed by atoms with E-state index in [1.165, 1.54) is 7.11 Å². The lowest BCUT2D eigenvalue weighted by molar-refractivity contribution is -0.143. The molecule has 1 aliphatic rings. The molecule has 0 saturated heterocycles. The van der Waals surface area contributed by atoms with Crippen LogP contribution in [0, 0.1) is 11.8 Å². The molecule has 0 saturated carbocycles. The highest BCUT2D eigenvalue weighted by molar-refractivity contribution is 8.14. The zero-order valence-electron chi connectivity index (χ0n) is 11.9. The van der Waals surface area contributed by atoms with Gasteiger partial charge in [0.05, 0.1) is 13.2 Å². The lowest BCUT2D eigenvalue weighted by atomic mass is 10.0. The average Bonchev–Trinajstić information content (AvgIpc) is 2.75. The van der Waals surface area contributed by atoms with Crippen molar-refractivity contribution < 1.29 is 9.53 Å². The molecule has 0 fully saturated rings. The number of hydrogen-bond donors (Lipinski definition) is 1. The summed E-state index contributed by atoms with van der Waals surface area (Å²) in [6, 6.07) is 0.0713. The normalized spacial score (nSPS) is 21.1. The standard InChI is InChI=1S/C13H24N2O2S/c1-8(2)6-10(12(16)17-5)14-13-15-11(7-18-13)9(3)4/h8-11H,6-7H2,1-5H3,(H,14,15). The monoisotopic (exact) mass is 272 g/mol. The predicted octanol–water partition coefficient (Wildman–Crippen LogP) is 2.29. The van der Waals surface area contributed by atoms with E-state index in [9.17, 15) is 4.79 Å². The minimum absolute atomic E-state index is 0.208. The molecule has 1 heterocycles. The highest BCUT2D eigenvalue weighted by Gasteiger charge is 2.26. The van der Waals surface area contributed by atoms with Crippen molar-refractivity contribution in [2.45, 2.75) is 46.2 Å². The Morgan fingerprint density at radius 1 is 1.50 bits per heavy atom. The zero-order chi connectivity index (χ0) is 13.7. The Bertz CT molecular complexity index is 316.